The molecule has 1 aromatic heterocycles. The summed E-state index contributed by atoms with van der Waals surface area (Å²) < 4.78 is 0. The molecule has 2 aliphatic carbocycles. The molecule has 2 amide bonds. The number of rotatable bonds is 4. The maximum Gasteiger partial charge on any atom is 0.227 e. The number of anilines is 2. The molecule has 1 unspecified atom stereocenters. The molecule has 1 atom stereocenters. The normalized spacial score (nSPS) is 21.4. The van der Waals surface area contributed by atoms with E-state index < -0.39 is 0 Å². The SMILES string of the molecule is Cc1ccccc1NC(=O)C1CCc2nc(N3CCN(C(=O)C4CCC4)CC3)sc2C1. The Bertz CT molecular complexity index is 976. The average molecular weight is 439 g/mol. The van der Waals surface area contributed by atoms with Gasteiger partial charge < -0.3 is 15.1 Å². The van der Waals surface area contributed by atoms with E-state index in [1.165, 1.54) is 11.3 Å². The van der Waals surface area contributed by atoms with Gasteiger partial charge in [-0.15, -0.1) is 11.3 Å². The fraction of sp³-hybridized carbons (Fsp3) is 0.542. The van der Waals surface area contributed by atoms with Crippen LogP contribution in [0, 0.1) is 18.8 Å². The molecule has 3 aliphatic rings. The van der Waals surface area contributed by atoms with Crippen molar-refractivity contribution in [3.63, 3.8) is 0 Å². The summed E-state index contributed by atoms with van der Waals surface area (Å²) in [7, 11) is 0. The molecule has 0 radical (unpaired) electrons. The first-order valence-electron chi connectivity index (χ1n) is 11.5. The van der Waals surface area contributed by atoms with Crippen LogP contribution in [0.1, 0.15) is 41.8 Å². The van der Waals surface area contributed by atoms with E-state index in [-0.39, 0.29) is 17.7 Å². The first-order chi connectivity index (χ1) is 15.1. The molecular formula is C24H30N4O2S. The topological polar surface area (TPSA) is 65.5 Å². The fourth-order valence-corrected chi connectivity index (χ4v) is 5.94. The largest absolute Gasteiger partial charge is 0.345 e. The predicted octanol–water partition coefficient (Wildman–Crippen LogP) is 3.64. The van der Waals surface area contributed by atoms with Crippen molar-refractivity contribution in [3.05, 3.63) is 40.4 Å². The van der Waals surface area contributed by atoms with Gasteiger partial charge in [0.05, 0.1) is 5.69 Å². The maximum atomic E-state index is 12.8. The van der Waals surface area contributed by atoms with Crippen LogP contribution >= 0.6 is 11.3 Å². The van der Waals surface area contributed by atoms with Gasteiger partial charge in [0.1, 0.15) is 0 Å². The molecule has 1 N–H and O–H groups in total. The molecule has 5 rings (SSSR count). The first-order valence-corrected chi connectivity index (χ1v) is 12.3. The summed E-state index contributed by atoms with van der Waals surface area (Å²) in [5, 5.41) is 4.17. The van der Waals surface area contributed by atoms with E-state index >= 15 is 0 Å². The number of fused-ring (bicyclic) bond motifs is 1. The van der Waals surface area contributed by atoms with Gasteiger partial charge in [0.2, 0.25) is 11.8 Å². The smallest absolute Gasteiger partial charge is 0.227 e. The van der Waals surface area contributed by atoms with E-state index in [1.54, 1.807) is 11.3 Å². The van der Waals surface area contributed by atoms with Crippen LogP contribution < -0.4 is 10.2 Å². The molecule has 6 nitrogen and oxygen atoms in total. The van der Waals surface area contributed by atoms with E-state index in [2.05, 4.69) is 10.2 Å². The number of hydrogen-bond donors (Lipinski definition) is 1. The third-order valence-corrected chi connectivity index (χ3v) is 8.20. The van der Waals surface area contributed by atoms with Crippen LogP contribution in [0.4, 0.5) is 10.8 Å². The molecule has 31 heavy (non-hydrogen) atoms. The molecule has 2 heterocycles. The van der Waals surface area contributed by atoms with Gasteiger partial charge in [-0.3, -0.25) is 9.59 Å². The van der Waals surface area contributed by atoms with Crippen LogP contribution in [0.2, 0.25) is 0 Å². The monoisotopic (exact) mass is 438 g/mol. The minimum atomic E-state index is -0.00245. The molecule has 164 valence electrons. The Morgan fingerprint density at radius 3 is 2.55 bits per heavy atom. The van der Waals surface area contributed by atoms with Gasteiger partial charge in [-0.1, -0.05) is 24.6 Å². The minimum absolute atomic E-state index is 0.00245. The number of aryl methyl sites for hydroxylation is 2. The number of benzene rings is 1. The van der Waals surface area contributed by atoms with Gasteiger partial charge in [-0.05, 0) is 50.7 Å². The van der Waals surface area contributed by atoms with Crippen LogP contribution in [0.3, 0.4) is 0 Å². The van der Waals surface area contributed by atoms with Gasteiger partial charge in [-0.2, -0.15) is 0 Å². The van der Waals surface area contributed by atoms with Gasteiger partial charge in [-0.25, -0.2) is 4.98 Å². The number of para-hydroxylation sites is 1. The quantitative estimate of drug-likeness (QED) is 0.792. The highest BCUT2D eigenvalue weighted by Crippen LogP contribution is 2.35. The highest BCUT2D eigenvalue weighted by atomic mass is 32.1. The summed E-state index contributed by atoms with van der Waals surface area (Å²) in [4.78, 5) is 35.9. The maximum absolute atomic E-state index is 12.8. The van der Waals surface area contributed by atoms with Crippen molar-refractivity contribution in [3.8, 4) is 0 Å². The molecule has 0 bridgehead atoms. The number of aromatic nitrogens is 1. The predicted molar refractivity (Wildman–Crippen MR) is 124 cm³/mol. The van der Waals surface area contributed by atoms with Crippen molar-refractivity contribution < 1.29 is 9.59 Å². The zero-order valence-corrected chi connectivity index (χ0v) is 18.9. The number of piperazine rings is 1. The van der Waals surface area contributed by atoms with E-state index in [9.17, 15) is 9.59 Å². The fourth-order valence-electron chi connectivity index (χ4n) is 4.70. The van der Waals surface area contributed by atoms with E-state index in [1.807, 2.05) is 36.1 Å². The van der Waals surface area contributed by atoms with Crippen molar-refractivity contribution in [1.82, 2.24) is 9.88 Å². The van der Waals surface area contributed by atoms with Crippen molar-refractivity contribution >= 4 is 34.0 Å². The zero-order valence-electron chi connectivity index (χ0n) is 18.1. The third-order valence-electron chi connectivity index (χ3n) is 7.02. The van der Waals surface area contributed by atoms with Crippen LogP contribution in [0.5, 0.6) is 0 Å². The Labute approximate surface area is 187 Å². The Balaban J connectivity index is 1.19. The Kier molecular flexibility index (Phi) is 5.69. The van der Waals surface area contributed by atoms with Crippen molar-refractivity contribution in [2.24, 2.45) is 11.8 Å². The summed E-state index contributed by atoms with van der Waals surface area (Å²) in [6.07, 6.45) is 5.80. The van der Waals surface area contributed by atoms with Crippen molar-refractivity contribution in [2.45, 2.75) is 45.4 Å². The number of hydrogen-bond acceptors (Lipinski definition) is 5. The van der Waals surface area contributed by atoms with E-state index in [4.69, 9.17) is 4.98 Å². The third kappa shape index (κ3) is 4.20. The van der Waals surface area contributed by atoms with Gasteiger partial charge in [0.25, 0.3) is 0 Å². The number of amides is 2. The molecule has 1 aliphatic heterocycles. The lowest BCUT2D eigenvalue weighted by atomic mass is 9.84. The number of carbonyl (C=O) groups excluding carboxylic acids is 2. The van der Waals surface area contributed by atoms with Crippen molar-refractivity contribution in [1.29, 1.82) is 0 Å². The second kappa shape index (κ2) is 8.61. The van der Waals surface area contributed by atoms with Crippen LogP contribution in [-0.2, 0) is 22.4 Å². The lowest BCUT2D eigenvalue weighted by molar-refractivity contribution is -0.138. The molecule has 2 aromatic rings. The summed E-state index contributed by atoms with van der Waals surface area (Å²) in [6.45, 7) is 5.30. The molecule has 0 spiro atoms. The summed E-state index contributed by atoms with van der Waals surface area (Å²) in [5.74, 6) is 0.740. The zero-order chi connectivity index (χ0) is 21.4. The number of nitrogens with zero attached hydrogens (tertiary/aromatic N) is 3. The Morgan fingerprint density at radius 2 is 1.84 bits per heavy atom. The molecule has 7 heteroatoms. The average Bonchev–Trinajstić information content (AvgIpc) is 3.17. The summed E-state index contributed by atoms with van der Waals surface area (Å²) >= 11 is 1.74. The van der Waals surface area contributed by atoms with Gasteiger partial charge in [0, 0.05) is 48.6 Å². The highest BCUT2D eigenvalue weighted by molar-refractivity contribution is 7.15. The Hall–Kier alpha value is -2.41. The summed E-state index contributed by atoms with van der Waals surface area (Å²) in [6, 6.07) is 7.92. The van der Waals surface area contributed by atoms with Crippen LogP contribution in [0.25, 0.3) is 0 Å². The number of nitrogens with one attached hydrogen (secondary N) is 1. The van der Waals surface area contributed by atoms with E-state index in [0.29, 0.717) is 5.91 Å². The molecule has 2 fully saturated rings. The minimum Gasteiger partial charge on any atom is -0.345 e. The van der Waals surface area contributed by atoms with Crippen molar-refractivity contribution in [2.75, 3.05) is 36.4 Å². The lowest BCUT2D eigenvalue weighted by Gasteiger charge is -2.38. The highest BCUT2D eigenvalue weighted by Gasteiger charge is 2.33. The molecule has 1 saturated carbocycles. The molecule has 1 aromatic carbocycles. The molecule has 1 saturated heterocycles. The van der Waals surface area contributed by atoms with Crippen LogP contribution in [0.15, 0.2) is 24.3 Å². The first kappa shape index (κ1) is 20.5. The van der Waals surface area contributed by atoms with Crippen LogP contribution in [-0.4, -0.2) is 47.9 Å². The van der Waals surface area contributed by atoms with Gasteiger partial charge in [0.15, 0.2) is 5.13 Å². The number of carbonyl (C=O) groups is 2. The lowest BCUT2D eigenvalue weighted by Crippen LogP contribution is -2.51. The van der Waals surface area contributed by atoms with E-state index in [0.717, 1.165) is 80.4 Å². The molecular weight excluding hydrogens is 408 g/mol. The Morgan fingerprint density at radius 1 is 1.06 bits per heavy atom. The number of thiazole rings is 1. The second-order valence-corrected chi connectivity index (χ2v) is 10.1. The second-order valence-electron chi connectivity index (χ2n) is 9.05. The van der Waals surface area contributed by atoms with Gasteiger partial charge >= 0.3 is 0 Å². The standard InChI is InChI=1S/C24H30N4O2S/c1-16-5-2-3-8-19(16)25-22(29)18-9-10-20-21(15-18)31-24(26-20)28-13-11-27(12-14-28)23(30)17-6-4-7-17/h2-3,5,8,17-18H,4,6-7,9-15H2,1H3,(H,25,29). The summed E-state index contributed by atoms with van der Waals surface area (Å²) in [5.41, 5.74) is 3.15.